The lowest BCUT2D eigenvalue weighted by Gasteiger charge is -2.26. The highest BCUT2D eigenvalue weighted by Gasteiger charge is 2.28. The molecule has 1 aliphatic carbocycles. The van der Waals surface area contributed by atoms with Crippen molar-refractivity contribution in [2.75, 3.05) is 13.1 Å². The molecule has 2 aliphatic rings. The normalized spacial score (nSPS) is 20.4. The molecule has 5 nitrogen and oxygen atoms in total. The first-order chi connectivity index (χ1) is 12.1. The van der Waals surface area contributed by atoms with E-state index in [0.29, 0.717) is 25.1 Å². The van der Waals surface area contributed by atoms with E-state index in [-0.39, 0.29) is 11.8 Å². The number of hydrogen-bond donors (Lipinski definition) is 2. The zero-order chi connectivity index (χ0) is 17.7. The van der Waals surface area contributed by atoms with Crippen LogP contribution in [0.3, 0.4) is 0 Å². The second-order valence-electron chi connectivity index (χ2n) is 7.44. The van der Waals surface area contributed by atoms with Crippen LogP contribution < -0.4 is 5.32 Å². The first-order valence-corrected chi connectivity index (χ1v) is 9.43. The van der Waals surface area contributed by atoms with E-state index < -0.39 is 5.60 Å². The first-order valence-electron chi connectivity index (χ1n) is 9.43. The Morgan fingerprint density at radius 2 is 1.76 bits per heavy atom. The lowest BCUT2D eigenvalue weighted by molar-refractivity contribution is -0.128. The average molecular weight is 344 g/mol. The van der Waals surface area contributed by atoms with Crippen LogP contribution in [-0.4, -0.2) is 40.5 Å². The van der Waals surface area contributed by atoms with Crippen molar-refractivity contribution in [2.45, 2.75) is 63.5 Å². The third-order valence-corrected chi connectivity index (χ3v) is 5.37. The maximum atomic E-state index is 12.3. The number of amides is 2. The smallest absolute Gasteiger partial charge is 0.251 e. The largest absolute Gasteiger partial charge is 0.388 e. The molecule has 1 heterocycles. The molecule has 1 aliphatic heterocycles. The van der Waals surface area contributed by atoms with Gasteiger partial charge in [-0.15, -0.1) is 0 Å². The number of rotatable bonds is 5. The van der Waals surface area contributed by atoms with E-state index in [0.717, 1.165) is 57.1 Å². The van der Waals surface area contributed by atoms with E-state index in [9.17, 15) is 14.7 Å². The van der Waals surface area contributed by atoms with Crippen LogP contribution in [-0.2, 0) is 11.3 Å². The SMILES string of the molecule is O=C(NCC1(O)CCCCCC1)c1ccc(CN2CCCC2=O)cc1. The zero-order valence-electron chi connectivity index (χ0n) is 14.8. The summed E-state index contributed by atoms with van der Waals surface area (Å²) < 4.78 is 0. The molecule has 136 valence electrons. The monoisotopic (exact) mass is 344 g/mol. The predicted octanol–water partition coefficient (Wildman–Crippen LogP) is 2.62. The van der Waals surface area contributed by atoms with Gasteiger partial charge in [-0.25, -0.2) is 0 Å². The molecule has 3 rings (SSSR count). The maximum absolute atomic E-state index is 12.3. The molecule has 2 N–H and O–H groups in total. The van der Waals surface area contributed by atoms with E-state index in [1.807, 2.05) is 17.0 Å². The van der Waals surface area contributed by atoms with E-state index >= 15 is 0 Å². The van der Waals surface area contributed by atoms with Crippen LogP contribution in [0.5, 0.6) is 0 Å². The molecule has 25 heavy (non-hydrogen) atoms. The molecule has 0 aromatic heterocycles. The summed E-state index contributed by atoms with van der Waals surface area (Å²) in [6, 6.07) is 7.40. The summed E-state index contributed by atoms with van der Waals surface area (Å²) in [5, 5.41) is 13.5. The second kappa shape index (κ2) is 8.00. The van der Waals surface area contributed by atoms with Gasteiger partial charge in [0.2, 0.25) is 5.91 Å². The third-order valence-electron chi connectivity index (χ3n) is 5.37. The second-order valence-corrected chi connectivity index (χ2v) is 7.44. The number of likely N-dealkylation sites (tertiary alicyclic amines) is 1. The number of nitrogens with zero attached hydrogens (tertiary/aromatic N) is 1. The molecule has 1 saturated carbocycles. The summed E-state index contributed by atoms with van der Waals surface area (Å²) in [5.41, 5.74) is 0.866. The van der Waals surface area contributed by atoms with Gasteiger partial charge >= 0.3 is 0 Å². The number of nitrogens with one attached hydrogen (secondary N) is 1. The molecule has 5 heteroatoms. The Morgan fingerprint density at radius 1 is 1.08 bits per heavy atom. The Hall–Kier alpha value is -1.88. The van der Waals surface area contributed by atoms with Gasteiger partial charge in [0.1, 0.15) is 0 Å². The highest BCUT2D eigenvalue weighted by molar-refractivity contribution is 5.94. The number of carbonyl (C=O) groups excluding carboxylic acids is 2. The molecule has 1 aromatic carbocycles. The van der Waals surface area contributed by atoms with Crippen LogP contribution in [0.4, 0.5) is 0 Å². The molecule has 0 spiro atoms. The van der Waals surface area contributed by atoms with Crippen molar-refractivity contribution in [3.05, 3.63) is 35.4 Å². The summed E-state index contributed by atoms with van der Waals surface area (Å²) in [7, 11) is 0. The van der Waals surface area contributed by atoms with Crippen molar-refractivity contribution in [3.63, 3.8) is 0 Å². The van der Waals surface area contributed by atoms with Crippen molar-refractivity contribution in [1.29, 1.82) is 0 Å². The fraction of sp³-hybridized carbons (Fsp3) is 0.600. The van der Waals surface area contributed by atoms with Gasteiger partial charge in [0.25, 0.3) is 5.91 Å². The lowest BCUT2D eigenvalue weighted by atomic mass is 9.94. The lowest BCUT2D eigenvalue weighted by Crippen LogP contribution is -2.42. The van der Waals surface area contributed by atoms with Crippen molar-refractivity contribution in [3.8, 4) is 0 Å². The molecule has 0 bridgehead atoms. The van der Waals surface area contributed by atoms with Crippen LogP contribution in [0.15, 0.2) is 24.3 Å². The van der Waals surface area contributed by atoms with Gasteiger partial charge in [0.05, 0.1) is 5.60 Å². The summed E-state index contributed by atoms with van der Waals surface area (Å²) >= 11 is 0. The number of hydrogen-bond acceptors (Lipinski definition) is 3. The predicted molar refractivity (Wildman–Crippen MR) is 96.1 cm³/mol. The first kappa shape index (κ1) is 17.9. The van der Waals surface area contributed by atoms with E-state index in [2.05, 4.69) is 5.32 Å². The van der Waals surface area contributed by atoms with E-state index in [4.69, 9.17) is 0 Å². The minimum atomic E-state index is -0.762. The molecule has 2 fully saturated rings. The van der Waals surface area contributed by atoms with E-state index in [1.54, 1.807) is 12.1 Å². The van der Waals surface area contributed by atoms with Crippen LogP contribution in [0, 0.1) is 0 Å². The summed E-state index contributed by atoms with van der Waals surface area (Å²) in [5.74, 6) is 0.0555. The zero-order valence-corrected chi connectivity index (χ0v) is 14.8. The minimum absolute atomic E-state index is 0.151. The molecular weight excluding hydrogens is 316 g/mol. The summed E-state index contributed by atoms with van der Waals surface area (Å²) in [6.07, 6.45) is 7.47. The van der Waals surface area contributed by atoms with Gasteiger partial charge in [-0.3, -0.25) is 9.59 Å². The third kappa shape index (κ3) is 4.82. The number of aliphatic hydroxyl groups is 1. The number of carbonyl (C=O) groups is 2. The van der Waals surface area contributed by atoms with Crippen LogP contribution in [0.25, 0.3) is 0 Å². The van der Waals surface area contributed by atoms with Gasteiger partial charge < -0.3 is 15.3 Å². The summed E-state index contributed by atoms with van der Waals surface area (Å²) in [6.45, 7) is 1.75. The van der Waals surface area contributed by atoms with Gasteiger partial charge in [-0.2, -0.15) is 0 Å². The molecule has 1 aromatic rings. The molecule has 1 saturated heterocycles. The highest BCUT2D eigenvalue weighted by atomic mass is 16.3. The minimum Gasteiger partial charge on any atom is -0.388 e. The van der Waals surface area contributed by atoms with Crippen LogP contribution in [0.1, 0.15) is 67.3 Å². The van der Waals surface area contributed by atoms with Crippen LogP contribution in [0.2, 0.25) is 0 Å². The fourth-order valence-corrected chi connectivity index (χ4v) is 3.76. The Bertz CT molecular complexity index is 604. The fourth-order valence-electron chi connectivity index (χ4n) is 3.76. The molecule has 0 atom stereocenters. The molecule has 0 unspecified atom stereocenters. The quantitative estimate of drug-likeness (QED) is 0.807. The molecular formula is C20H28N2O3. The van der Waals surface area contributed by atoms with Gasteiger partial charge in [0, 0.05) is 31.6 Å². The number of benzene rings is 1. The summed E-state index contributed by atoms with van der Waals surface area (Å²) in [4.78, 5) is 25.9. The van der Waals surface area contributed by atoms with E-state index in [1.165, 1.54) is 0 Å². The van der Waals surface area contributed by atoms with Gasteiger partial charge in [0.15, 0.2) is 0 Å². The topological polar surface area (TPSA) is 69.6 Å². The average Bonchev–Trinajstić information content (AvgIpc) is 2.88. The molecule has 2 amide bonds. The van der Waals surface area contributed by atoms with Gasteiger partial charge in [-0.05, 0) is 37.0 Å². The van der Waals surface area contributed by atoms with Crippen molar-refractivity contribution in [2.24, 2.45) is 0 Å². The van der Waals surface area contributed by atoms with Crippen LogP contribution >= 0.6 is 0 Å². The Balaban J connectivity index is 1.52. The molecule has 0 radical (unpaired) electrons. The standard InChI is InChI=1S/C20H28N2O3/c23-18-6-5-13-22(18)14-16-7-9-17(10-8-16)19(24)21-15-20(25)11-3-1-2-4-12-20/h7-10,25H,1-6,11-15H2,(H,21,24). The Kier molecular flexibility index (Phi) is 5.74. The Morgan fingerprint density at radius 3 is 2.36 bits per heavy atom. The van der Waals surface area contributed by atoms with Crippen molar-refractivity contribution < 1.29 is 14.7 Å². The van der Waals surface area contributed by atoms with Crippen molar-refractivity contribution in [1.82, 2.24) is 10.2 Å². The van der Waals surface area contributed by atoms with Gasteiger partial charge in [-0.1, -0.05) is 37.8 Å². The van der Waals surface area contributed by atoms with Crippen molar-refractivity contribution >= 4 is 11.8 Å². The maximum Gasteiger partial charge on any atom is 0.251 e. The highest BCUT2D eigenvalue weighted by Crippen LogP contribution is 2.26. The Labute approximate surface area is 149 Å².